The van der Waals surface area contributed by atoms with Crippen LogP contribution in [0.2, 0.25) is 0 Å². The molecule has 0 saturated heterocycles. The highest BCUT2D eigenvalue weighted by molar-refractivity contribution is 5.98. The Kier molecular flexibility index (Phi) is 5.09. The molecule has 33 heavy (non-hydrogen) atoms. The van der Waals surface area contributed by atoms with Gasteiger partial charge in [-0.2, -0.15) is 5.10 Å². The van der Waals surface area contributed by atoms with E-state index in [0.717, 1.165) is 17.2 Å². The average Bonchev–Trinajstić information content (AvgIpc) is 3.47. The molecule has 0 amide bonds. The van der Waals surface area contributed by atoms with E-state index >= 15 is 0 Å². The van der Waals surface area contributed by atoms with Gasteiger partial charge >= 0.3 is 0 Å². The number of imidazole rings is 1. The molecule has 0 radical (unpaired) electrons. The van der Waals surface area contributed by atoms with Crippen molar-refractivity contribution in [1.29, 1.82) is 0 Å². The summed E-state index contributed by atoms with van der Waals surface area (Å²) in [6.07, 6.45) is 3.15. The Hall–Kier alpha value is -4.47. The van der Waals surface area contributed by atoms with Crippen LogP contribution in [-0.2, 0) is 6.54 Å². The highest BCUT2D eigenvalue weighted by Gasteiger charge is 2.18. The molecule has 3 heterocycles. The average molecular weight is 446 g/mol. The molecule has 1 N–H and O–H groups in total. The highest BCUT2D eigenvalue weighted by atomic mass is 19.2. The minimum absolute atomic E-state index is 0.0101. The zero-order chi connectivity index (χ0) is 22.9. The Morgan fingerprint density at radius 2 is 1.85 bits per heavy atom. The third kappa shape index (κ3) is 3.93. The Bertz CT molecular complexity index is 1440. The van der Waals surface area contributed by atoms with Crippen molar-refractivity contribution in [3.05, 3.63) is 83.9 Å². The van der Waals surface area contributed by atoms with Crippen molar-refractivity contribution in [3.63, 3.8) is 0 Å². The van der Waals surface area contributed by atoms with Crippen LogP contribution in [0.4, 0.5) is 8.78 Å². The number of aromatic nitrogens is 5. The fraction of sp³-hybridized carbons (Fsp3) is 0.0870. The molecule has 0 bridgehead atoms. The second-order valence-corrected chi connectivity index (χ2v) is 7.33. The summed E-state index contributed by atoms with van der Waals surface area (Å²) in [6, 6.07) is 13.0. The van der Waals surface area contributed by atoms with E-state index < -0.39 is 11.6 Å². The molecule has 2 aliphatic heterocycles. The third-order valence-electron chi connectivity index (χ3n) is 5.13. The van der Waals surface area contributed by atoms with Crippen molar-refractivity contribution in [1.82, 2.24) is 24.9 Å². The Balaban J connectivity index is 1.37. The predicted molar refractivity (Wildman–Crippen MR) is 115 cm³/mol. The van der Waals surface area contributed by atoms with Gasteiger partial charge in [0, 0.05) is 11.6 Å². The topological polar surface area (TPSA) is 102 Å². The molecule has 10 heteroatoms. The zero-order valence-corrected chi connectivity index (χ0v) is 17.3. The lowest BCUT2D eigenvalue weighted by atomic mass is 10.1. The van der Waals surface area contributed by atoms with Crippen molar-refractivity contribution < 1.29 is 18.5 Å². The first-order valence-corrected chi connectivity index (χ1v) is 9.91. The van der Waals surface area contributed by atoms with Crippen molar-refractivity contribution in [2.75, 3.05) is 0 Å². The molecule has 164 valence electrons. The van der Waals surface area contributed by atoms with Gasteiger partial charge < -0.3 is 9.73 Å². The summed E-state index contributed by atoms with van der Waals surface area (Å²) in [5.41, 5.74) is 3.74. The van der Waals surface area contributed by atoms with E-state index in [1.807, 2.05) is 24.3 Å². The van der Waals surface area contributed by atoms with Crippen LogP contribution in [0.5, 0.6) is 0 Å². The lowest BCUT2D eigenvalue weighted by molar-refractivity contribution is 0.319. The Morgan fingerprint density at radius 3 is 2.64 bits per heavy atom. The van der Waals surface area contributed by atoms with E-state index in [1.54, 1.807) is 23.9 Å². The van der Waals surface area contributed by atoms with Crippen molar-refractivity contribution >= 4 is 5.71 Å². The quantitative estimate of drug-likeness (QED) is 0.240. The first-order valence-electron chi connectivity index (χ1n) is 9.91. The molecule has 0 atom stereocenters. The molecule has 5 rings (SSSR count). The van der Waals surface area contributed by atoms with E-state index in [1.165, 1.54) is 18.3 Å². The number of fused-ring (bicyclic) bond motifs is 1. The summed E-state index contributed by atoms with van der Waals surface area (Å²) >= 11 is 0. The number of oxime groups is 1. The van der Waals surface area contributed by atoms with Crippen LogP contribution in [0.3, 0.4) is 0 Å². The summed E-state index contributed by atoms with van der Waals surface area (Å²) in [5, 5.41) is 20.5. The fourth-order valence-corrected chi connectivity index (χ4v) is 3.37. The molecule has 1 aromatic heterocycles. The zero-order valence-electron chi connectivity index (χ0n) is 17.3. The number of hydrogen-bond donors (Lipinski definition) is 1. The number of rotatable bonds is 5. The molecule has 0 aliphatic carbocycles. The summed E-state index contributed by atoms with van der Waals surface area (Å²) < 4.78 is 34.7. The van der Waals surface area contributed by atoms with Crippen LogP contribution < -0.4 is 0 Å². The fourth-order valence-electron chi connectivity index (χ4n) is 3.37. The maximum atomic E-state index is 14.1. The molecule has 8 nitrogen and oxygen atoms in total. The molecule has 2 aromatic carbocycles. The molecule has 3 aromatic rings. The largest absolute Gasteiger partial charge is 0.411 e. The molecule has 0 spiro atoms. The number of hydrogen-bond acceptors (Lipinski definition) is 7. The first kappa shape index (κ1) is 20.4. The van der Waals surface area contributed by atoms with Crippen LogP contribution in [-0.4, -0.2) is 35.8 Å². The van der Waals surface area contributed by atoms with Crippen LogP contribution in [0.25, 0.3) is 34.0 Å². The van der Waals surface area contributed by atoms with E-state index in [-0.39, 0.29) is 17.9 Å². The Morgan fingerprint density at radius 1 is 1.06 bits per heavy atom. The number of nitrogens with zero attached hydrogens (tertiary/aromatic N) is 6. The normalized spacial score (nSPS) is 11.9. The summed E-state index contributed by atoms with van der Waals surface area (Å²) in [7, 11) is 0. The van der Waals surface area contributed by atoms with Gasteiger partial charge in [-0.1, -0.05) is 40.6 Å². The highest BCUT2D eigenvalue weighted by Crippen LogP contribution is 2.27. The second-order valence-electron chi connectivity index (χ2n) is 7.33. The smallest absolute Gasteiger partial charge is 0.169 e. The van der Waals surface area contributed by atoms with Crippen molar-refractivity contribution in [2.45, 2.75) is 13.5 Å². The van der Waals surface area contributed by atoms with Gasteiger partial charge in [0.15, 0.2) is 23.2 Å². The standard InChI is InChI=1S/C23H16F2N6O2/c1-13(29-32)14-5-7-15(8-6-14)19-9-16(33-30-19)11-31-12-21-20(10-26-31)27-23(28-21)17-3-2-4-18(24)22(17)25/h2-10,12,32H,11H2,1H3/b29-13+. The van der Waals surface area contributed by atoms with E-state index in [9.17, 15) is 8.78 Å². The Labute approximate surface area is 186 Å². The predicted octanol–water partition coefficient (Wildman–Crippen LogP) is 4.62. The lowest BCUT2D eigenvalue weighted by Crippen LogP contribution is -2.04. The van der Waals surface area contributed by atoms with Gasteiger partial charge in [0.05, 0.1) is 23.7 Å². The minimum Gasteiger partial charge on any atom is -0.411 e. The molecule has 0 saturated carbocycles. The first-order chi connectivity index (χ1) is 16.0. The third-order valence-corrected chi connectivity index (χ3v) is 5.13. The molecule has 0 fully saturated rings. The molecular weight excluding hydrogens is 430 g/mol. The van der Waals surface area contributed by atoms with E-state index in [2.05, 4.69) is 25.4 Å². The van der Waals surface area contributed by atoms with Gasteiger partial charge in [0.2, 0.25) is 0 Å². The second kappa shape index (κ2) is 8.23. The monoisotopic (exact) mass is 446 g/mol. The van der Waals surface area contributed by atoms with Gasteiger partial charge in [-0.25, -0.2) is 18.7 Å². The van der Waals surface area contributed by atoms with Gasteiger partial charge in [-0.15, -0.1) is 0 Å². The lowest BCUT2D eigenvalue weighted by Gasteiger charge is -2.03. The molecule has 0 unspecified atom stereocenters. The van der Waals surface area contributed by atoms with E-state index in [0.29, 0.717) is 28.6 Å². The maximum Gasteiger partial charge on any atom is 0.169 e. The van der Waals surface area contributed by atoms with Gasteiger partial charge in [-0.05, 0) is 24.6 Å². The number of benzene rings is 2. The van der Waals surface area contributed by atoms with Gasteiger partial charge in [0.25, 0.3) is 0 Å². The van der Waals surface area contributed by atoms with Crippen molar-refractivity contribution in [3.8, 4) is 34.0 Å². The van der Waals surface area contributed by atoms with Crippen LogP contribution >= 0.6 is 0 Å². The molecular formula is C23H16F2N6O2. The summed E-state index contributed by atoms with van der Waals surface area (Å²) in [5.74, 6) is -1.29. The number of halogens is 2. The van der Waals surface area contributed by atoms with Gasteiger partial charge in [-0.3, -0.25) is 4.68 Å². The van der Waals surface area contributed by atoms with Crippen LogP contribution in [0, 0.1) is 11.6 Å². The van der Waals surface area contributed by atoms with E-state index in [4.69, 9.17) is 9.73 Å². The summed E-state index contributed by atoms with van der Waals surface area (Å²) in [4.78, 5) is 8.57. The van der Waals surface area contributed by atoms with Gasteiger partial charge in [0.1, 0.15) is 23.6 Å². The SMILES string of the molecule is C/C(=N\O)c1ccc(-c2cc(Cn3cc4nc(-c5cccc(F)c5F)nc-4cn3)on2)cc1. The molecule has 2 aliphatic rings. The summed E-state index contributed by atoms with van der Waals surface area (Å²) in [6.45, 7) is 1.99. The maximum absolute atomic E-state index is 14.1. The van der Waals surface area contributed by atoms with Crippen molar-refractivity contribution in [2.24, 2.45) is 5.16 Å². The minimum atomic E-state index is -0.991. The van der Waals surface area contributed by atoms with Crippen LogP contribution in [0.15, 0.2) is 70.6 Å². The van der Waals surface area contributed by atoms with Crippen LogP contribution in [0.1, 0.15) is 18.2 Å².